The van der Waals surface area contributed by atoms with Gasteiger partial charge in [-0.05, 0) is 62.5 Å². The number of hydrogen-bond acceptors (Lipinski definition) is 5. The van der Waals surface area contributed by atoms with E-state index in [9.17, 15) is 19.7 Å². The van der Waals surface area contributed by atoms with E-state index in [0.717, 1.165) is 0 Å². The maximum atomic E-state index is 12.3. The van der Waals surface area contributed by atoms with Gasteiger partial charge in [0.2, 0.25) is 0 Å². The minimum Gasteiger partial charge on any atom is -0.339 e. The Balaban J connectivity index is 1.96. The summed E-state index contributed by atoms with van der Waals surface area (Å²) in [6, 6.07) is 12.0. The molecule has 2 aromatic rings. The van der Waals surface area contributed by atoms with Crippen LogP contribution in [-0.2, 0) is 0 Å². The standard InChI is InChI=1S/C19H20N4O4S/c1-3-22(4-2)18(25)14-5-9-15(10-6-14)20-19(28)21-17(24)13-7-11-16(12-8-13)23(26)27/h5-12H,3-4H2,1-2H3,(H2,20,21,24,28). The molecule has 0 heterocycles. The summed E-state index contributed by atoms with van der Waals surface area (Å²) in [4.78, 5) is 36.3. The topological polar surface area (TPSA) is 105 Å². The monoisotopic (exact) mass is 400 g/mol. The van der Waals surface area contributed by atoms with Crippen molar-refractivity contribution in [3.63, 3.8) is 0 Å². The summed E-state index contributed by atoms with van der Waals surface area (Å²) in [6.07, 6.45) is 0. The van der Waals surface area contributed by atoms with Crippen molar-refractivity contribution in [2.75, 3.05) is 18.4 Å². The Kier molecular flexibility index (Phi) is 7.16. The lowest BCUT2D eigenvalue weighted by atomic mass is 10.2. The quantitative estimate of drug-likeness (QED) is 0.438. The maximum absolute atomic E-state index is 12.3. The van der Waals surface area contributed by atoms with Crippen molar-refractivity contribution in [3.05, 3.63) is 69.8 Å². The Labute approximate surface area is 167 Å². The lowest BCUT2D eigenvalue weighted by Gasteiger charge is -2.18. The molecule has 0 aliphatic rings. The van der Waals surface area contributed by atoms with Crippen molar-refractivity contribution in [3.8, 4) is 0 Å². The fraction of sp³-hybridized carbons (Fsp3) is 0.211. The van der Waals surface area contributed by atoms with Crippen molar-refractivity contribution in [1.82, 2.24) is 10.2 Å². The minimum atomic E-state index is -0.539. The summed E-state index contributed by atoms with van der Waals surface area (Å²) >= 11 is 5.12. The van der Waals surface area contributed by atoms with E-state index in [-0.39, 0.29) is 22.3 Å². The molecule has 8 nitrogen and oxygen atoms in total. The molecule has 2 rings (SSSR count). The number of benzene rings is 2. The second-order valence-electron chi connectivity index (χ2n) is 5.77. The van der Waals surface area contributed by atoms with Crippen LogP contribution in [0, 0.1) is 10.1 Å². The highest BCUT2D eigenvalue weighted by molar-refractivity contribution is 7.80. The molecule has 2 amide bonds. The van der Waals surface area contributed by atoms with Crippen LogP contribution in [0.5, 0.6) is 0 Å². The number of carbonyl (C=O) groups is 2. The highest BCUT2D eigenvalue weighted by atomic mass is 32.1. The molecule has 0 radical (unpaired) electrons. The normalized spacial score (nSPS) is 10.1. The van der Waals surface area contributed by atoms with Crippen LogP contribution in [0.1, 0.15) is 34.6 Å². The molecular formula is C19H20N4O4S. The average Bonchev–Trinajstić information content (AvgIpc) is 2.69. The summed E-state index contributed by atoms with van der Waals surface area (Å²) in [6.45, 7) is 5.11. The molecule has 0 aliphatic heterocycles. The van der Waals surface area contributed by atoms with E-state index in [1.807, 2.05) is 13.8 Å². The fourth-order valence-electron chi connectivity index (χ4n) is 2.46. The number of non-ortho nitro benzene ring substituents is 1. The van der Waals surface area contributed by atoms with Crippen LogP contribution in [0.2, 0.25) is 0 Å². The zero-order valence-corrected chi connectivity index (χ0v) is 16.3. The molecule has 2 N–H and O–H groups in total. The molecule has 0 atom stereocenters. The van der Waals surface area contributed by atoms with Gasteiger partial charge >= 0.3 is 0 Å². The Hall–Kier alpha value is -3.33. The van der Waals surface area contributed by atoms with Gasteiger partial charge in [0.25, 0.3) is 17.5 Å². The van der Waals surface area contributed by atoms with Gasteiger partial charge in [0.05, 0.1) is 4.92 Å². The van der Waals surface area contributed by atoms with Crippen molar-refractivity contribution in [1.29, 1.82) is 0 Å². The van der Waals surface area contributed by atoms with E-state index in [1.165, 1.54) is 24.3 Å². The van der Waals surface area contributed by atoms with Gasteiger partial charge in [0.15, 0.2) is 5.11 Å². The predicted molar refractivity (Wildman–Crippen MR) is 110 cm³/mol. The minimum absolute atomic E-state index is 0.0504. The second kappa shape index (κ2) is 9.56. The number of nitro benzene ring substituents is 1. The average molecular weight is 400 g/mol. The van der Waals surface area contributed by atoms with Crippen molar-refractivity contribution < 1.29 is 14.5 Å². The lowest BCUT2D eigenvalue weighted by molar-refractivity contribution is -0.384. The van der Waals surface area contributed by atoms with Gasteiger partial charge in [-0.15, -0.1) is 0 Å². The largest absolute Gasteiger partial charge is 0.339 e. The molecule has 2 aromatic carbocycles. The predicted octanol–water partition coefficient (Wildman–Crippen LogP) is 3.20. The number of anilines is 1. The molecule has 0 aliphatic carbocycles. The van der Waals surface area contributed by atoms with Crippen LogP contribution in [0.25, 0.3) is 0 Å². The molecule has 9 heteroatoms. The molecule has 0 aromatic heterocycles. The number of hydrogen-bond donors (Lipinski definition) is 2. The highest BCUT2D eigenvalue weighted by Gasteiger charge is 2.13. The number of nitrogens with zero attached hydrogens (tertiary/aromatic N) is 2. The number of nitrogens with one attached hydrogen (secondary N) is 2. The SMILES string of the molecule is CCN(CC)C(=O)c1ccc(NC(=S)NC(=O)c2ccc([N+](=O)[O-])cc2)cc1. The van der Waals surface area contributed by atoms with Gasteiger partial charge in [0.1, 0.15) is 0 Å². The van der Waals surface area contributed by atoms with E-state index in [2.05, 4.69) is 10.6 Å². The smallest absolute Gasteiger partial charge is 0.269 e. The molecule has 0 saturated carbocycles. The summed E-state index contributed by atoms with van der Waals surface area (Å²) < 4.78 is 0. The molecule has 28 heavy (non-hydrogen) atoms. The highest BCUT2D eigenvalue weighted by Crippen LogP contribution is 2.13. The summed E-state index contributed by atoms with van der Waals surface area (Å²) in [5.74, 6) is -0.536. The molecular weight excluding hydrogens is 380 g/mol. The van der Waals surface area contributed by atoms with Crippen LogP contribution in [-0.4, -0.2) is 39.8 Å². The summed E-state index contributed by atoms with van der Waals surface area (Å²) in [5, 5.41) is 16.1. The van der Waals surface area contributed by atoms with Crippen molar-refractivity contribution in [2.24, 2.45) is 0 Å². The summed E-state index contributed by atoms with van der Waals surface area (Å²) in [7, 11) is 0. The van der Waals surface area contributed by atoms with Gasteiger partial charge in [-0.2, -0.15) is 0 Å². The first kappa shape index (κ1) is 21.0. The number of nitro groups is 1. The zero-order chi connectivity index (χ0) is 20.7. The van der Waals surface area contributed by atoms with Crippen LogP contribution < -0.4 is 10.6 Å². The van der Waals surface area contributed by atoms with Crippen molar-refractivity contribution >= 4 is 40.5 Å². The van der Waals surface area contributed by atoms with E-state index < -0.39 is 10.8 Å². The molecule has 0 spiro atoms. The number of amides is 2. The maximum Gasteiger partial charge on any atom is 0.269 e. The Morgan fingerprint density at radius 2 is 1.54 bits per heavy atom. The third kappa shape index (κ3) is 5.34. The zero-order valence-electron chi connectivity index (χ0n) is 15.5. The molecule has 0 saturated heterocycles. The van der Waals surface area contributed by atoms with Gasteiger partial charge in [0, 0.05) is 42.0 Å². The third-order valence-electron chi connectivity index (χ3n) is 4.01. The molecule has 146 valence electrons. The van der Waals surface area contributed by atoms with Gasteiger partial charge in [-0.3, -0.25) is 25.0 Å². The van der Waals surface area contributed by atoms with Gasteiger partial charge < -0.3 is 10.2 Å². The lowest BCUT2D eigenvalue weighted by Crippen LogP contribution is -2.34. The fourth-order valence-corrected chi connectivity index (χ4v) is 2.67. The van der Waals surface area contributed by atoms with E-state index in [0.29, 0.717) is 24.3 Å². The number of rotatable bonds is 6. The number of thiocarbonyl (C=S) groups is 1. The van der Waals surface area contributed by atoms with Crippen LogP contribution >= 0.6 is 12.2 Å². The van der Waals surface area contributed by atoms with Gasteiger partial charge in [-0.1, -0.05) is 0 Å². The Morgan fingerprint density at radius 3 is 2.04 bits per heavy atom. The van der Waals surface area contributed by atoms with E-state index in [4.69, 9.17) is 12.2 Å². The van der Waals surface area contributed by atoms with Crippen LogP contribution in [0.4, 0.5) is 11.4 Å². The molecule has 0 unspecified atom stereocenters. The number of carbonyl (C=O) groups excluding carboxylic acids is 2. The first-order valence-corrected chi connectivity index (χ1v) is 9.02. The van der Waals surface area contributed by atoms with Crippen LogP contribution in [0.3, 0.4) is 0 Å². The molecule has 0 bridgehead atoms. The first-order chi connectivity index (χ1) is 13.3. The van der Waals surface area contributed by atoms with Gasteiger partial charge in [-0.25, -0.2) is 0 Å². The van der Waals surface area contributed by atoms with E-state index in [1.54, 1.807) is 29.2 Å². The second-order valence-corrected chi connectivity index (χ2v) is 6.18. The van der Waals surface area contributed by atoms with Crippen molar-refractivity contribution in [2.45, 2.75) is 13.8 Å². The summed E-state index contributed by atoms with van der Waals surface area (Å²) in [5.41, 5.74) is 1.33. The van der Waals surface area contributed by atoms with Crippen LogP contribution in [0.15, 0.2) is 48.5 Å². The first-order valence-electron chi connectivity index (χ1n) is 8.61. The van der Waals surface area contributed by atoms with E-state index >= 15 is 0 Å². The Morgan fingerprint density at radius 1 is 1.00 bits per heavy atom. The Bertz CT molecular complexity index is 878. The third-order valence-corrected chi connectivity index (χ3v) is 4.21. The molecule has 0 fully saturated rings.